The zero-order valence-corrected chi connectivity index (χ0v) is 14.7. The predicted molar refractivity (Wildman–Crippen MR) is 101 cm³/mol. The van der Waals surface area contributed by atoms with E-state index in [9.17, 15) is 14.7 Å². The minimum atomic E-state index is -0.997. The summed E-state index contributed by atoms with van der Waals surface area (Å²) in [5.41, 5.74) is 1.90. The van der Waals surface area contributed by atoms with Gasteiger partial charge in [-0.2, -0.15) is 0 Å². The molecule has 2 aromatic rings. The van der Waals surface area contributed by atoms with Crippen LogP contribution in [0, 0.1) is 0 Å². The first-order valence-corrected chi connectivity index (χ1v) is 8.55. The third kappa shape index (κ3) is 4.83. The molecule has 0 radical (unpaired) electrons. The lowest BCUT2D eigenvalue weighted by atomic mass is 10.1. The number of nitrogens with one attached hydrogen (secondary N) is 1. The summed E-state index contributed by atoms with van der Waals surface area (Å²) in [5.74, 6) is -1.26. The fraction of sp³-hybridized carbons (Fsp3) is 0.300. The van der Waals surface area contributed by atoms with Crippen molar-refractivity contribution in [3.8, 4) is 0 Å². The normalized spacial score (nSPS) is 10.3. The third-order valence-corrected chi connectivity index (χ3v) is 3.85. The van der Waals surface area contributed by atoms with Gasteiger partial charge in [0.15, 0.2) is 0 Å². The smallest absolute Gasteiger partial charge is 0.337 e. The van der Waals surface area contributed by atoms with Crippen LogP contribution in [-0.4, -0.2) is 30.1 Å². The molecule has 0 aromatic heterocycles. The fourth-order valence-corrected chi connectivity index (χ4v) is 2.75. The van der Waals surface area contributed by atoms with Crippen molar-refractivity contribution in [2.45, 2.75) is 26.7 Å². The molecule has 0 aliphatic rings. The van der Waals surface area contributed by atoms with Crippen LogP contribution >= 0.6 is 0 Å². The Labute approximate surface area is 148 Å². The molecule has 0 atom stereocenters. The van der Waals surface area contributed by atoms with Crippen molar-refractivity contribution in [2.75, 3.05) is 23.3 Å². The van der Waals surface area contributed by atoms with Crippen LogP contribution in [0.3, 0.4) is 0 Å². The molecule has 0 aliphatic carbocycles. The van der Waals surface area contributed by atoms with Gasteiger partial charge in [-0.05, 0) is 43.2 Å². The number of amides is 1. The maximum absolute atomic E-state index is 12.3. The second kappa shape index (κ2) is 8.87. The Hall–Kier alpha value is -2.82. The Morgan fingerprint density at radius 2 is 1.64 bits per heavy atom. The lowest BCUT2D eigenvalue weighted by molar-refractivity contribution is 0.0697. The van der Waals surface area contributed by atoms with E-state index in [0.717, 1.165) is 25.9 Å². The number of carboxylic acids is 1. The molecule has 0 bridgehead atoms. The Morgan fingerprint density at radius 3 is 2.20 bits per heavy atom. The van der Waals surface area contributed by atoms with Crippen molar-refractivity contribution in [3.05, 3.63) is 59.7 Å². The number of benzene rings is 2. The molecule has 0 saturated heterocycles. The van der Waals surface area contributed by atoms with Crippen LogP contribution in [0.25, 0.3) is 0 Å². The molecule has 25 heavy (non-hydrogen) atoms. The van der Waals surface area contributed by atoms with Gasteiger partial charge in [0, 0.05) is 24.3 Å². The number of hydrogen-bond acceptors (Lipinski definition) is 3. The maximum atomic E-state index is 12.3. The summed E-state index contributed by atoms with van der Waals surface area (Å²) in [4.78, 5) is 26.0. The van der Waals surface area contributed by atoms with E-state index in [2.05, 4.69) is 24.1 Å². The maximum Gasteiger partial charge on any atom is 0.337 e. The van der Waals surface area contributed by atoms with Crippen LogP contribution in [0.2, 0.25) is 0 Å². The zero-order valence-electron chi connectivity index (χ0n) is 14.7. The second-order valence-electron chi connectivity index (χ2n) is 5.84. The van der Waals surface area contributed by atoms with Gasteiger partial charge in [-0.15, -0.1) is 0 Å². The molecule has 2 N–H and O–H groups in total. The molecular weight excluding hydrogens is 316 g/mol. The van der Waals surface area contributed by atoms with Gasteiger partial charge in [0.2, 0.25) is 0 Å². The number of rotatable bonds is 8. The first kappa shape index (κ1) is 18.5. The minimum Gasteiger partial charge on any atom is -0.478 e. The molecule has 5 nitrogen and oxygen atoms in total. The molecule has 0 aliphatic heterocycles. The summed E-state index contributed by atoms with van der Waals surface area (Å²) in [7, 11) is 0. The Balaban J connectivity index is 2.28. The molecule has 0 fully saturated rings. The van der Waals surface area contributed by atoms with Gasteiger partial charge in [0.05, 0.1) is 11.3 Å². The highest BCUT2D eigenvalue weighted by Gasteiger charge is 2.17. The number of aromatic carboxylic acids is 1. The number of hydrogen-bond donors (Lipinski definition) is 2. The van der Waals surface area contributed by atoms with Crippen LogP contribution in [0.15, 0.2) is 48.5 Å². The molecule has 2 rings (SSSR count). The van der Waals surface area contributed by atoms with Crippen LogP contribution in [0.4, 0.5) is 11.4 Å². The van der Waals surface area contributed by atoms with Crippen molar-refractivity contribution < 1.29 is 14.7 Å². The van der Waals surface area contributed by atoms with Crippen LogP contribution < -0.4 is 10.2 Å². The standard InChI is InChI=1S/C20H24N2O3/c1-3-12-22(13-4-2)18-11-10-16(14-17(18)20(24)25)21-19(23)15-8-6-5-7-9-15/h5-11,14H,3-4,12-13H2,1-2H3,(H,21,23)(H,24,25). The van der Waals surface area contributed by atoms with Gasteiger partial charge in [0.1, 0.15) is 0 Å². The summed E-state index contributed by atoms with van der Waals surface area (Å²) >= 11 is 0. The summed E-state index contributed by atoms with van der Waals surface area (Å²) < 4.78 is 0. The van der Waals surface area contributed by atoms with E-state index in [1.165, 1.54) is 6.07 Å². The van der Waals surface area contributed by atoms with E-state index in [-0.39, 0.29) is 11.5 Å². The highest BCUT2D eigenvalue weighted by atomic mass is 16.4. The van der Waals surface area contributed by atoms with Crippen molar-refractivity contribution in [3.63, 3.8) is 0 Å². The minimum absolute atomic E-state index is 0.202. The van der Waals surface area contributed by atoms with Gasteiger partial charge in [-0.1, -0.05) is 32.0 Å². The molecule has 0 heterocycles. The van der Waals surface area contributed by atoms with Gasteiger partial charge in [-0.25, -0.2) is 4.79 Å². The monoisotopic (exact) mass is 340 g/mol. The number of nitrogens with zero attached hydrogens (tertiary/aromatic N) is 1. The molecule has 0 saturated carbocycles. The summed E-state index contributed by atoms with van der Waals surface area (Å²) in [6.07, 6.45) is 1.87. The lowest BCUT2D eigenvalue weighted by Gasteiger charge is -2.25. The molecule has 5 heteroatoms. The predicted octanol–water partition coefficient (Wildman–Crippen LogP) is 4.26. The van der Waals surface area contributed by atoms with Gasteiger partial charge in [-0.3, -0.25) is 4.79 Å². The first-order valence-electron chi connectivity index (χ1n) is 8.55. The van der Waals surface area contributed by atoms with Crippen LogP contribution in [-0.2, 0) is 0 Å². The summed E-state index contributed by atoms with van der Waals surface area (Å²) in [6, 6.07) is 13.9. The van der Waals surface area contributed by atoms with Crippen molar-refractivity contribution in [1.82, 2.24) is 0 Å². The average molecular weight is 340 g/mol. The van der Waals surface area contributed by atoms with E-state index in [4.69, 9.17) is 0 Å². The third-order valence-electron chi connectivity index (χ3n) is 3.85. The molecule has 0 spiro atoms. The number of carbonyl (C=O) groups excluding carboxylic acids is 1. The van der Waals surface area contributed by atoms with Crippen molar-refractivity contribution in [1.29, 1.82) is 0 Å². The molecule has 2 aromatic carbocycles. The number of carbonyl (C=O) groups is 2. The largest absolute Gasteiger partial charge is 0.478 e. The van der Waals surface area contributed by atoms with Crippen molar-refractivity contribution >= 4 is 23.3 Å². The molecule has 1 amide bonds. The average Bonchev–Trinajstić information content (AvgIpc) is 2.62. The van der Waals surface area contributed by atoms with E-state index >= 15 is 0 Å². The van der Waals surface area contributed by atoms with Crippen molar-refractivity contribution in [2.24, 2.45) is 0 Å². The van der Waals surface area contributed by atoms with Crippen LogP contribution in [0.5, 0.6) is 0 Å². The van der Waals surface area contributed by atoms with E-state index in [1.807, 2.05) is 6.07 Å². The van der Waals surface area contributed by atoms with Crippen LogP contribution in [0.1, 0.15) is 47.4 Å². The Morgan fingerprint density at radius 1 is 1.00 bits per heavy atom. The zero-order chi connectivity index (χ0) is 18.2. The molecule has 0 unspecified atom stereocenters. The van der Waals surface area contributed by atoms with E-state index in [0.29, 0.717) is 16.9 Å². The number of carboxylic acid groups (broad SMARTS) is 1. The second-order valence-corrected chi connectivity index (χ2v) is 5.84. The first-order chi connectivity index (χ1) is 12.1. The van der Waals surface area contributed by atoms with E-state index < -0.39 is 5.97 Å². The molecule has 132 valence electrons. The van der Waals surface area contributed by atoms with Gasteiger partial charge >= 0.3 is 5.97 Å². The van der Waals surface area contributed by atoms with Gasteiger partial charge in [0.25, 0.3) is 5.91 Å². The van der Waals surface area contributed by atoms with Gasteiger partial charge < -0.3 is 15.3 Å². The Bertz CT molecular complexity index is 723. The topological polar surface area (TPSA) is 69.6 Å². The summed E-state index contributed by atoms with van der Waals surface area (Å²) in [6.45, 7) is 5.72. The Kier molecular flexibility index (Phi) is 6.57. The molecular formula is C20H24N2O3. The fourth-order valence-electron chi connectivity index (χ4n) is 2.75. The SMILES string of the molecule is CCCN(CCC)c1ccc(NC(=O)c2ccccc2)cc1C(=O)O. The highest BCUT2D eigenvalue weighted by Crippen LogP contribution is 2.25. The lowest BCUT2D eigenvalue weighted by Crippen LogP contribution is -2.27. The van der Waals surface area contributed by atoms with E-state index in [1.54, 1.807) is 36.4 Å². The summed E-state index contributed by atoms with van der Waals surface area (Å²) in [5, 5.41) is 12.4. The highest BCUT2D eigenvalue weighted by molar-refractivity contribution is 6.05. The number of anilines is 2. The quantitative estimate of drug-likeness (QED) is 0.753.